The topological polar surface area (TPSA) is 108 Å². The lowest BCUT2D eigenvalue weighted by molar-refractivity contribution is -0.0509. The van der Waals surface area contributed by atoms with Gasteiger partial charge in [0.2, 0.25) is 16.3 Å². The molecule has 28 heavy (non-hydrogen) atoms. The first-order chi connectivity index (χ1) is 13.3. The minimum absolute atomic E-state index is 0.0716. The third-order valence-corrected chi connectivity index (χ3v) is 5.31. The van der Waals surface area contributed by atoms with Gasteiger partial charge in [-0.25, -0.2) is 13.6 Å². The molecule has 0 radical (unpaired) electrons. The molecule has 2 aromatic rings. The van der Waals surface area contributed by atoms with Crippen LogP contribution in [0.2, 0.25) is 0 Å². The molecule has 0 aromatic heterocycles. The van der Waals surface area contributed by atoms with Gasteiger partial charge in [-0.3, -0.25) is 4.79 Å². The van der Waals surface area contributed by atoms with Gasteiger partial charge in [0, 0.05) is 12.8 Å². The van der Waals surface area contributed by atoms with E-state index >= 15 is 0 Å². The van der Waals surface area contributed by atoms with Crippen LogP contribution in [0.1, 0.15) is 29.8 Å². The summed E-state index contributed by atoms with van der Waals surface area (Å²) in [6.07, 6.45) is 1.30. The lowest BCUT2D eigenvalue weighted by atomic mass is 9.97. The summed E-state index contributed by atoms with van der Waals surface area (Å²) in [6, 6.07) is 11.6. The van der Waals surface area contributed by atoms with Crippen molar-refractivity contribution in [3.63, 3.8) is 0 Å². The monoisotopic (exact) mass is 402 g/mol. The van der Waals surface area contributed by atoms with Crippen molar-refractivity contribution in [2.24, 2.45) is 5.14 Å². The van der Waals surface area contributed by atoms with Crippen LogP contribution < -0.4 is 15.2 Å². The number of primary sulfonamides is 1. The van der Waals surface area contributed by atoms with E-state index in [0.29, 0.717) is 17.9 Å². The van der Waals surface area contributed by atoms with Gasteiger partial charge in [-0.05, 0) is 43.2 Å². The Morgan fingerprint density at radius 2 is 1.96 bits per heavy atom. The lowest BCUT2D eigenvalue weighted by Gasteiger charge is -2.27. The Bertz CT molecular complexity index is 1030. The Kier molecular flexibility index (Phi) is 5.83. The van der Waals surface area contributed by atoms with Crippen molar-refractivity contribution in [1.82, 2.24) is 0 Å². The minimum Gasteiger partial charge on any atom is -0.460 e. The Hall–Kier alpha value is -2.68. The lowest BCUT2D eigenvalue weighted by Crippen LogP contribution is -2.33. The Morgan fingerprint density at radius 3 is 2.64 bits per heavy atom. The predicted octanol–water partition coefficient (Wildman–Crippen LogP) is 2.83. The van der Waals surface area contributed by atoms with Crippen LogP contribution in [0, 0.1) is 0 Å². The molecule has 148 valence electrons. The fraction of sp³-hybridized carbons (Fsp3) is 0.250. The number of carbonyl (C=O) groups excluding carboxylic acids is 1. The Morgan fingerprint density at radius 1 is 1.21 bits per heavy atom. The molecule has 1 aliphatic heterocycles. The van der Waals surface area contributed by atoms with Crippen LogP contribution in [-0.2, 0) is 21.2 Å². The van der Waals surface area contributed by atoms with Crippen molar-refractivity contribution >= 4 is 21.5 Å². The molecule has 0 aliphatic carbocycles. The number of hydrogen-bond acceptors (Lipinski definition) is 6. The van der Waals surface area contributed by atoms with Gasteiger partial charge in [0.25, 0.3) is 0 Å². The van der Waals surface area contributed by atoms with E-state index in [2.05, 4.69) is 5.32 Å². The fourth-order valence-electron chi connectivity index (χ4n) is 2.92. The highest BCUT2D eigenvalue weighted by molar-refractivity contribution is 7.89. The molecule has 0 saturated heterocycles. The molecule has 0 spiro atoms. The summed E-state index contributed by atoms with van der Waals surface area (Å²) in [6.45, 7) is 4.14. The van der Waals surface area contributed by atoms with E-state index in [9.17, 15) is 13.2 Å². The molecule has 1 aliphatic rings. The van der Waals surface area contributed by atoms with E-state index in [1.807, 2.05) is 13.0 Å². The van der Waals surface area contributed by atoms with Crippen molar-refractivity contribution < 1.29 is 22.7 Å². The van der Waals surface area contributed by atoms with Crippen LogP contribution in [0.4, 0.5) is 5.69 Å². The smallest absolute Gasteiger partial charge is 0.240 e. The normalized spacial score (nSPS) is 17.9. The molecule has 3 rings (SSSR count). The number of benzene rings is 2. The first kappa shape index (κ1) is 20.1. The number of nitrogens with one attached hydrogen (secondary N) is 1. The highest BCUT2D eigenvalue weighted by Gasteiger charge is 2.32. The summed E-state index contributed by atoms with van der Waals surface area (Å²) in [5.74, 6) is 0.221. The number of Topliss-reactive ketones (excluding diaryl/α,β-unsaturated/α-hetero) is 1. The maximum atomic E-state index is 13.1. The quantitative estimate of drug-likeness (QED) is 0.720. The number of anilines is 1. The van der Waals surface area contributed by atoms with Crippen LogP contribution in [0.15, 0.2) is 59.1 Å². The number of ketones is 1. The van der Waals surface area contributed by atoms with Crippen LogP contribution in [0.5, 0.6) is 5.75 Å². The summed E-state index contributed by atoms with van der Waals surface area (Å²) >= 11 is 0. The zero-order valence-electron chi connectivity index (χ0n) is 15.6. The van der Waals surface area contributed by atoms with E-state index in [-0.39, 0.29) is 21.9 Å². The average Bonchev–Trinajstić information content (AvgIpc) is 2.67. The summed E-state index contributed by atoms with van der Waals surface area (Å²) < 4.78 is 35.0. The van der Waals surface area contributed by atoms with Gasteiger partial charge in [-0.2, -0.15) is 0 Å². The molecule has 0 fully saturated rings. The molecule has 8 heteroatoms. The number of carbonyl (C=O) groups is 1. The Balaban J connectivity index is 2.00. The van der Waals surface area contributed by atoms with Gasteiger partial charge in [-0.15, -0.1) is 0 Å². The summed E-state index contributed by atoms with van der Waals surface area (Å²) in [5, 5.41) is 8.12. The number of aryl methyl sites for hydroxylation is 1. The summed E-state index contributed by atoms with van der Waals surface area (Å²) in [7, 11) is -3.92. The highest BCUT2D eigenvalue weighted by atomic mass is 32.2. The van der Waals surface area contributed by atoms with E-state index in [0.717, 1.165) is 12.0 Å². The first-order valence-electron chi connectivity index (χ1n) is 8.89. The molecule has 1 heterocycles. The van der Waals surface area contributed by atoms with Gasteiger partial charge < -0.3 is 14.8 Å². The maximum Gasteiger partial charge on any atom is 0.240 e. The molecule has 1 unspecified atom stereocenters. The molecule has 0 bridgehead atoms. The van der Waals surface area contributed by atoms with E-state index in [4.69, 9.17) is 14.6 Å². The number of para-hydroxylation sites is 1. The van der Waals surface area contributed by atoms with E-state index in [1.165, 1.54) is 12.3 Å². The molecular weight excluding hydrogens is 380 g/mol. The number of ether oxygens (including phenoxy) is 2. The third kappa shape index (κ3) is 4.09. The van der Waals surface area contributed by atoms with Crippen LogP contribution in [0.25, 0.3) is 0 Å². The van der Waals surface area contributed by atoms with E-state index < -0.39 is 16.3 Å². The van der Waals surface area contributed by atoms with Gasteiger partial charge in [0.05, 0.1) is 16.8 Å². The third-order valence-electron chi connectivity index (χ3n) is 4.34. The molecular formula is C20H22N2O5S. The standard InChI is InChI=1S/C20H22N2O5S/c1-3-13-9-10-17-14(11-13)19(23)15(20(27-17)26-4-2)12-22-16-7-5-6-8-18(16)28(21,24)25/h5-12,20,22H,3-4H2,1-2H3,(H2,21,24,25)/b15-12+. The maximum absolute atomic E-state index is 13.1. The number of rotatable bonds is 6. The van der Waals surface area contributed by atoms with Crippen molar-refractivity contribution in [2.45, 2.75) is 31.5 Å². The zero-order chi connectivity index (χ0) is 20.3. The molecule has 1 atom stereocenters. The van der Waals surface area contributed by atoms with Crippen LogP contribution >= 0.6 is 0 Å². The van der Waals surface area contributed by atoms with Crippen molar-refractivity contribution in [3.8, 4) is 5.75 Å². The largest absolute Gasteiger partial charge is 0.460 e. The van der Waals surface area contributed by atoms with Crippen molar-refractivity contribution in [3.05, 3.63) is 65.4 Å². The van der Waals surface area contributed by atoms with Gasteiger partial charge in [-0.1, -0.05) is 25.1 Å². The average molecular weight is 402 g/mol. The minimum atomic E-state index is -3.92. The Labute approximate surface area is 164 Å². The SMILES string of the molecule is CCOC1Oc2ccc(CC)cc2C(=O)/C1=C\Nc1ccccc1S(N)(=O)=O. The second kappa shape index (κ2) is 8.14. The van der Waals surface area contributed by atoms with Crippen LogP contribution in [-0.4, -0.2) is 27.1 Å². The number of hydrogen-bond donors (Lipinski definition) is 2. The predicted molar refractivity (Wildman–Crippen MR) is 106 cm³/mol. The zero-order valence-corrected chi connectivity index (χ0v) is 16.5. The van der Waals surface area contributed by atoms with Gasteiger partial charge in [0.1, 0.15) is 10.6 Å². The van der Waals surface area contributed by atoms with Crippen molar-refractivity contribution in [2.75, 3.05) is 11.9 Å². The number of sulfonamides is 1. The molecule has 7 nitrogen and oxygen atoms in total. The van der Waals surface area contributed by atoms with Crippen LogP contribution in [0.3, 0.4) is 0 Å². The highest BCUT2D eigenvalue weighted by Crippen LogP contribution is 2.32. The van der Waals surface area contributed by atoms with Gasteiger partial charge in [0.15, 0.2) is 5.78 Å². The second-order valence-electron chi connectivity index (χ2n) is 6.20. The number of nitrogens with two attached hydrogens (primary N) is 1. The fourth-order valence-corrected chi connectivity index (χ4v) is 3.62. The molecule has 3 N–H and O–H groups in total. The summed E-state index contributed by atoms with van der Waals surface area (Å²) in [4.78, 5) is 13.0. The molecule has 0 saturated carbocycles. The first-order valence-corrected chi connectivity index (χ1v) is 10.4. The van der Waals surface area contributed by atoms with E-state index in [1.54, 1.807) is 37.3 Å². The number of fused-ring (bicyclic) bond motifs is 1. The van der Waals surface area contributed by atoms with Crippen molar-refractivity contribution in [1.29, 1.82) is 0 Å². The van der Waals surface area contributed by atoms with Gasteiger partial charge >= 0.3 is 0 Å². The molecule has 2 aromatic carbocycles. The molecule has 0 amide bonds. The second-order valence-corrected chi connectivity index (χ2v) is 7.73. The summed E-state index contributed by atoms with van der Waals surface area (Å²) in [5.41, 5.74) is 1.96.